The van der Waals surface area contributed by atoms with Gasteiger partial charge in [-0.3, -0.25) is 4.79 Å². The minimum atomic E-state index is 0.252. The molecule has 20 heavy (non-hydrogen) atoms. The number of benzene rings is 1. The first-order chi connectivity index (χ1) is 9.76. The van der Waals surface area contributed by atoms with Gasteiger partial charge in [-0.25, -0.2) is 0 Å². The van der Waals surface area contributed by atoms with Gasteiger partial charge in [0.1, 0.15) is 5.75 Å². The number of hydrogen-bond acceptors (Lipinski definition) is 3. The summed E-state index contributed by atoms with van der Waals surface area (Å²) in [5.74, 6) is 1.43. The molecule has 2 aliphatic rings. The zero-order valence-corrected chi connectivity index (χ0v) is 12.0. The van der Waals surface area contributed by atoms with Crippen LogP contribution in [0.2, 0.25) is 0 Å². The molecule has 2 fully saturated rings. The zero-order chi connectivity index (χ0) is 13.9. The van der Waals surface area contributed by atoms with Crippen molar-refractivity contribution in [3.63, 3.8) is 0 Å². The van der Waals surface area contributed by atoms with Gasteiger partial charge in [-0.2, -0.15) is 0 Å². The number of ether oxygens (including phenoxy) is 1. The molecule has 0 bridgehead atoms. The van der Waals surface area contributed by atoms with Gasteiger partial charge in [0.2, 0.25) is 5.91 Å². The summed E-state index contributed by atoms with van der Waals surface area (Å²) in [5.41, 5.74) is 1.18. The summed E-state index contributed by atoms with van der Waals surface area (Å²) in [6.07, 6.45) is 4.34. The molecule has 1 N–H and O–H groups in total. The molecule has 1 saturated heterocycles. The second-order valence-electron chi connectivity index (χ2n) is 5.77. The van der Waals surface area contributed by atoms with Gasteiger partial charge in [0, 0.05) is 36.8 Å². The quantitative estimate of drug-likeness (QED) is 0.915. The number of amides is 1. The fourth-order valence-electron chi connectivity index (χ4n) is 2.80. The lowest BCUT2D eigenvalue weighted by atomic mass is 10.0. The number of rotatable bonds is 4. The Morgan fingerprint density at radius 2 is 2.20 bits per heavy atom. The largest absolute Gasteiger partial charge is 0.497 e. The maximum Gasteiger partial charge on any atom is 0.223 e. The van der Waals surface area contributed by atoms with Crippen molar-refractivity contribution in [2.45, 2.75) is 31.7 Å². The highest BCUT2D eigenvalue weighted by Gasteiger charge is 2.32. The lowest BCUT2D eigenvalue weighted by Gasteiger charge is -2.35. The number of carbonyl (C=O) groups is 1. The molecule has 3 rings (SSSR count). The van der Waals surface area contributed by atoms with Crippen LogP contribution in [0, 0.1) is 5.92 Å². The van der Waals surface area contributed by atoms with Gasteiger partial charge in [0.05, 0.1) is 7.11 Å². The van der Waals surface area contributed by atoms with E-state index in [1.165, 1.54) is 5.69 Å². The van der Waals surface area contributed by atoms with Crippen LogP contribution in [0.5, 0.6) is 5.75 Å². The lowest BCUT2D eigenvalue weighted by Crippen LogP contribution is -2.48. The Morgan fingerprint density at radius 3 is 2.95 bits per heavy atom. The molecule has 1 amide bonds. The van der Waals surface area contributed by atoms with E-state index in [4.69, 9.17) is 4.74 Å². The first-order valence-electron chi connectivity index (χ1n) is 7.45. The highest BCUT2D eigenvalue weighted by atomic mass is 16.5. The van der Waals surface area contributed by atoms with Gasteiger partial charge in [0.25, 0.3) is 0 Å². The van der Waals surface area contributed by atoms with E-state index in [1.807, 2.05) is 12.1 Å². The average molecular weight is 274 g/mol. The van der Waals surface area contributed by atoms with Crippen LogP contribution in [-0.2, 0) is 4.79 Å². The smallest absolute Gasteiger partial charge is 0.223 e. The van der Waals surface area contributed by atoms with Crippen LogP contribution < -0.4 is 15.0 Å². The minimum Gasteiger partial charge on any atom is -0.497 e. The second-order valence-corrected chi connectivity index (χ2v) is 5.77. The van der Waals surface area contributed by atoms with E-state index < -0.39 is 0 Å². The molecule has 1 aliphatic carbocycles. The van der Waals surface area contributed by atoms with Crippen LogP contribution in [0.4, 0.5) is 5.69 Å². The summed E-state index contributed by atoms with van der Waals surface area (Å²) in [6, 6.07) is 8.42. The number of anilines is 1. The van der Waals surface area contributed by atoms with E-state index in [2.05, 4.69) is 22.3 Å². The molecule has 1 aromatic rings. The summed E-state index contributed by atoms with van der Waals surface area (Å²) in [6.45, 7) is 1.94. The van der Waals surface area contributed by atoms with E-state index in [1.54, 1.807) is 7.11 Å². The molecule has 4 heteroatoms. The summed E-state index contributed by atoms with van der Waals surface area (Å²) in [4.78, 5) is 14.2. The molecule has 0 radical (unpaired) electrons. The average Bonchev–Trinajstić information content (AvgIpc) is 3.32. The topological polar surface area (TPSA) is 41.6 Å². The Balaban J connectivity index is 1.63. The zero-order valence-electron chi connectivity index (χ0n) is 12.0. The maximum absolute atomic E-state index is 11.9. The molecule has 1 aromatic carbocycles. The van der Waals surface area contributed by atoms with E-state index >= 15 is 0 Å². The second kappa shape index (κ2) is 5.73. The first-order valence-corrected chi connectivity index (χ1v) is 7.45. The SMILES string of the molecule is COc1cccc(N2CCC[C@@H](NC(=O)C3CC3)C2)c1. The van der Waals surface area contributed by atoms with Crippen LogP contribution >= 0.6 is 0 Å². The summed E-state index contributed by atoms with van der Waals surface area (Å²) in [5, 5.41) is 3.20. The molecule has 0 aromatic heterocycles. The number of methoxy groups -OCH3 is 1. The fraction of sp³-hybridized carbons (Fsp3) is 0.562. The molecule has 1 heterocycles. The van der Waals surface area contributed by atoms with Gasteiger partial charge >= 0.3 is 0 Å². The molecule has 1 aliphatic heterocycles. The van der Waals surface area contributed by atoms with E-state index in [0.29, 0.717) is 5.92 Å². The standard InChI is InChI=1S/C16H22N2O2/c1-20-15-6-2-5-14(10-15)18-9-3-4-13(11-18)17-16(19)12-7-8-12/h2,5-6,10,12-13H,3-4,7-9,11H2,1H3,(H,17,19)/t13-/m1/s1. The summed E-state index contributed by atoms with van der Waals surface area (Å²) >= 11 is 0. The summed E-state index contributed by atoms with van der Waals surface area (Å²) in [7, 11) is 1.69. The van der Waals surface area contributed by atoms with Crippen molar-refractivity contribution in [2.24, 2.45) is 5.92 Å². The predicted molar refractivity (Wildman–Crippen MR) is 79.1 cm³/mol. The molecule has 108 valence electrons. The van der Waals surface area contributed by atoms with Crippen molar-refractivity contribution >= 4 is 11.6 Å². The van der Waals surface area contributed by atoms with Crippen LogP contribution in [0.15, 0.2) is 24.3 Å². The molecule has 4 nitrogen and oxygen atoms in total. The lowest BCUT2D eigenvalue weighted by molar-refractivity contribution is -0.123. The van der Waals surface area contributed by atoms with E-state index in [0.717, 1.165) is 44.5 Å². The van der Waals surface area contributed by atoms with Crippen molar-refractivity contribution in [1.29, 1.82) is 0 Å². The van der Waals surface area contributed by atoms with Crippen LogP contribution in [-0.4, -0.2) is 32.1 Å². The number of nitrogens with zero attached hydrogens (tertiary/aromatic N) is 1. The van der Waals surface area contributed by atoms with Gasteiger partial charge in [-0.15, -0.1) is 0 Å². The van der Waals surface area contributed by atoms with Crippen LogP contribution in [0.25, 0.3) is 0 Å². The predicted octanol–water partition coefficient (Wildman–Crippen LogP) is 2.19. The van der Waals surface area contributed by atoms with E-state index in [-0.39, 0.29) is 11.9 Å². The van der Waals surface area contributed by atoms with Crippen molar-refractivity contribution in [3.8, 4) is 5.75 Å². The van der Waals surface area contributed by atoms with Crippen LogP contribution in [0.1, 0.15) is 25.7 Å². The molecular formula is C16H22N2O2. The molecule has 0 unspecified atom stereocenters. The van der Waals surface area contributed by atoms with Crippen molar-refractivity contribution < 1.29 is 9.53 Å². The molecule has 0 spiro atoms. The monoisotopic (exact) mass is 274 g/mol. The van der Waals surface area contributed by atoms with Gasteiger partial charge in [-0.1, -0.05) is 6.07 Å². The van der Waals surface area contributed by atoms with Gasteiger partial charge in [0.15, 0.2) is 0 Å². The highest BCUT2D eigenvalue weighted by molar-refractivity contribution is 5.81. The highest BCUT2D eigenvalue weighted by Crippen LogP contribution is 2.29. The third-order valence-corrected chi connectivity index (χ3v) is 4.13. The number of hydrogen-bond donors (Lipinski definition) is 1. The first kappa shape index (κ1) is 13.3. The van der Waals surface area contributed by atoms with Gasteiger partial charge < -0.3 is 15.0 Å². The Labute approximate surface area is 120 Å². The Bertz CT molecular complexity index is 485. The number of nitrogens with one attached hydrogen (secondary N) is 1. The third kappa shape index (κ3) is 3.06. The minimum absolute atomic E-state index is 0.252. The number of piperidine rings is 1. The number of carbonyl (C=O) groups excluding carboxylic acids is 1. The van der Waals surface area contributed by atoms with Crippen LogP contribution in [0.3, 0.4) is 0 Å². The Kier molecular flexibility index (Phi) is 3.81. The normalized spacial score (nSPS) is 22.4. The molecular weight excluding hydrogens is 252 g/mol. The molecule has 1 saturated carbocycles. The molecule has 1 atom stereocenters. The van der Waals surface area contributed by atoms with Crippen molar-refractivity contribution in [3.05, 3.63) is 24.3 Å². The fourth-order valence-corrected chi connectivity index (χ4v) is 2.80. The van der Waals surface area contributed by atoms with E-state index in [9.17, 15) is 4.79 Å². The maximum atomic E-state index is 11.9. The van der Waals surface area contributed by atoms with Crippen molar-refractivity contribution in [1.82, 2.24) is 5.32 Å². The van der Waals surface area contributed by atoms with Gasteiger partial charge in [-0.05, 0) is 37.8 Å². The Morgan fingerprint density at radius 1 is 1.35 bits per heavy atom. The summed E-state index contributed by atoms with van der Waals surface area (Å²) < 4.78 is 5.28. The van der Waals surface area contributed by atoms with Crippen molar-refractivity contribution in [2.75, 3.05) is 25.1 Å². The Hall–Kier alpha value is -1.71. The third-order valence-electron chi connectivity index (χ3n) is 4.13.